The molecule has 29 heavy (non-hydrogen) atoms. The number of aryl methyl sites for hydroxylation is 1. The van der Waals surface area contributed by atoms with Crippen LogP contribution in [0.5, 0.6) is 0 Å². The summed E-state index contributed by atoms with van der Waals surface area (Å²) in [7, 11) is 0. The van der Waals surface area contributed by atoms with Crippen LogP contribution in [0.4, 0.5) is 0 Å². The van der Waals surface area contributed by atoms with Crippen molar-refractivity contribution in [2.24, 2.45) is 4.99 Å². The Morgan fingerprint density at radius 2 is 1.93 bits per heavy atom. The fraction of sp³-hybridized carbons (Fsp3) is 0.409. The highest BCUT2D eigenvalue weighted by Crippen LogP contribution is 2.20. The van der Waals surface area contributed by atoms with Gasteiger partial charge >= 0.3 is 0 Å². The van der Waals surface area contributed by atoms with E-state index in [1.54, 1.807) is 17.6 Å². The third-order valence-corrected chi connectivity index (χ3v) is 5.52. The van der Waals surface area contributed by atoms with Crippen LogP contribution in [-0.2, 0) is 13.0 Å². The number of nitrogens with zero attached hydrogens (tertiary/aromatic N) is 3. The number of aromatic nitrogens is 2. The summed E-state index contributed by atoms with van der Waals surface area (Å²) in [5.41, 5.74) is 4.12. The monoisotopic (exact) mass is 411 g/mol. The highest BCUT2D eigenvalue weighted by molar-refractivity contribution is 7.09. The summed E-state index contributed by atoms with van der Waals surface area (Å²) < 4.78 is 5.62. The van der Waals surface area contributed by atoms with Gasteiger partial charge in [-0.1, -0.05) is 31.5 Å². The number of oxazole rings is 1. The van der Waals surface area contributed by atoms with Gasteiger partial charge in [0.05, 0.1) is 17.2 Å². The first kappa shape index (κ1) is 21.0. The van der Waals surface area contributed by atoms with Gasteiger partial charge in [-0.25, -0.2) is 15.0 Å². The highest BCUT2D eigenvalue weighted by atomic mass is 32.1. The molecule has 0 aliphatic rings. The van der Waals surface area contributed by atoms with Crippen molar-refractivity contribution in [1.82, 2.24) is 20.6 Å². The molecule has 0 saturated heterocycles. The molecular weight excluding hydrogens is 382 g/mol. The van der Waals surface area contributed by atoms with Crippen molar-refractivity contribution in [3.63, 3.8) is 0 Å². The van der Waals surface area contributed by atoms with Gasteiger partial charge in [-0.3, -0.25) is 0 Å². The molecule has 154 valence electrons. The molecule has 0 aliphatic heterocycles. The number of aliphatic imine (C=N–C) groups is 1. The van der Waals surface area contributed by atoms with Crippen LogP contribution in [0.1, 0.15) is 48.6 Å². The van der Waals surface area contributed by atoms with Crippen molar-refractivity contribution >= 4 is 17.3 Å². The Hall–Kier alpha value is -2.67. The largest absolute Gasteiger partial charge is 0.444 e. The van der Waals surface area contributed by atoms with Crippen LogP contribution < -0.4 is 10.6 Å². The summed E-state index contributed by atoms with van der Waals surface area (Å²) in [4.78, 5) is 13.9. The number of benzene rings is 1. The Balaban J connectivity index is 1.55. The topological polar surface area (TPSA) is 75.3 Å². The second kappa shape index (κ2) is 10.2. The lowest BCUT2D eigenvalue weighted by Gasteiger charge is -2.10. The molecule has 2 N–H and O–H groups in total. The quantitative estimate of drug-likeness (QED) is 0.421. The van der Waals surface area contributed by atoms with Crippen LogP contribution >= 0.6 is 11.3 Å². The molecule has 0 atom stereocenters. The number of rotatable bonds is 8. The van der Waals surface area contributed by atoms with E-state index in [9.17, 15) is 0 Å². The van der Waals surface area contributed by atoms with Gasteiger partial charge in [-0.15, -0.1) is 11.3 Å². The van der Waals surface area contributed by atoms with Crippen LogP contribution in [0.15, 0.2) is 45.3 Å². The number of hydrogen-bond donors (Lipinski definition) is 2. The minimum absolute atomic E-state index is 0.457. The zero-order valence-electron chi connectivity index (χ0n) is 17.5. The third-order valence-electron chi connectivity index (χ3n) is 4.33. The molecule has 6 nitrogen and oxygen atoms in total. The summed E-state index contributed by atoms with van der Waals surface area (Å²) in [5, 5.41) is 9.97. The summed E-state index contributed by atoms with van der Waals surface area (Å²) in [5.74, 6) is 1.87. The van der Waals surface area contributed by atoms with Crippen molar-refractivity contribution in [2.75, 3.05) is 13.1 Å². The number of thiazole rings is 1. The van der Waals surface area contributed by atoms with Crippen molar-refractivity contribution in [1.29, 1.82) is 0 Å². The fourth-order valence-electron chi connectivity index (χ4n) is 2.72. The van der Waals surface area contributed by atoms with Gasteiger partial charge in [0.1, 0.15) is 12.0 Å². The molecule has 1 aromatic carbocycles. The van der Waals surface area contributed by atoms with Gasteiger partial charge in [0.2, 0.25) is 5.89 Å². The lowest BCUT2D eigenvalue weighted by molar-refractivity contribution is 0.572. The summed E-state index contributed by atoms with van der Waals surface area (Å²) in [6, 6.07) is 8.14. The standard InChI is InChI=1S/C22H29N5OS/c1-5-23-22(24-11-10-18-14-29-21(27-18)15(2)3)25-12-19-13-28-20(26-19)17-8-6-16(4)7-9-17/h6-9,13-15H,5,10-12H2,1-4H3,(H2,23,24,25). The van der Waals surface area contributed by atoms with Gasteiger partial charge in [-0.2, -0.15) is 0 Å². The molecule has 0 radical (unpaired) electrons. The summed E-state index contributed by atoms with van der Waals surface area (Å²) in [6.45, 7) is 10.5. The zero-order valence-corrected chi connectivity index (χ0v) is 18.3. The van der Waals surface area contributed by atoms with E-state index in [4.69, 9.17) is 4.42 Å². The van der Waals surface area contributed by atoms with E-state index < -0.39 is 0 Å². The van der Waals surface area contributed by atoms with E-state index >= 15 is 0 Å². The Morgan fingerprint density at radius 1 is 1.14 bits per heavy atom. The molecule has 2 aromatic heterocycles. The Labute approximate surface area is 176 Å². The molecule has 0 bridgehead atoms. The van der Waals surface area contributed by atoms with Crippen LogP contribution in [-0.4, -0.2) is 29.0 Å². The molecule has 7 heteroatoms. The van der Waals surface area contributed by atoms with Crippen molar-refractivity contribution < 1.29 is 4.42 Å². The first-order valence-corrected chi connectivity index (χ1v) is 10.9. The number of hydrogen-bond acceptors (Lipinski definition) is 5. The molecule has 0 fully saturated rings. The van der Waals surface area contributed by atoms with Gasteiger partial charge < -0.3 is 15.1 Å². The predicted octanol–water partition coefficient (Wildman–Crippen LogP) is 4.53. The Kier molecular flexibility index (Phi) is 7.41. The van der Waals surface area contributed by atoms with Gasteiger partial charge in [-0.05, 0) is 26.0 Å². The van der Waals surface area contributed by atoms with Crippen molar-refractivity contribution in [2.45, 2.75) is 46.6 Å². The van der Waals surface area contributed by atoms with Crippen molar-refractivity contribution in [3.8, 4) is 11.5 Å². The lowest BCUT2D eigenvalue weighted by Crippen LogP contribution is -2.38. The SMILES string of the molecule is CCNC(=NCc1coc(-c2ccc(C)cc2)n1)NCCc1csc(C(C)C)n1. The van der Waals surface area contributed by atoms with E-state index in [-0.39, 0.29) is 0 Å². The predicted molar refractivity (Wildman–Crippen MR) is 119 cm³/mol. The maximum atomic E-state index is 5.62. The lowest BCUT2D eigenvalue weighted by atomic mass is 10.1. The third kappa shape index (κ3) is 6.15. The highest BCUT2D eigenvalue weighted by Gasteiger charge is 2.08. The summed E-state index contributed by atoms with van der Waals surface area (Å²) >= 11 is 1.73. The minimum atomic E-state index is 0.457. The first-order chi connectivity index (χ1) is 14.0. The average molecular weight is 412 g/mol. The molecule has 0 saturated carbocycles. The fourth-order valence-corrected chi connectivity index (χ4v) is 3.59. The van der Waals surface area contributed by atoms with E-state index in [0.717, 1.165) is 42.4 Å². The van der Waals surface area contributed by atoms with Gasteiger partial charge in [0.15, 0.2) is 5.96 Å². The maximum absolute atomic E-state index is 5.62. The van der Waals surface area contributed by atoms with Crippen LogP contribution in [0.2, 0.25) is 0 Å². The molecule has 0 amide bonds. The zero-order chi connectivity index (χ0) is 20.6. The average Bonchev–Trinajstić information content (AvgIpc) is 3.36. The second-order valence-corrected chi connectivity index (χ2v) is 8.10. The molecular formula is C22H29N5OS. The van der Waals surface area contributed by atoms with E-state index in [1.807, 2.05) is 12.1 Å². The van der Waals surface area contributed by atoms with E-state index in [2.05, 4.69) is 70.8 Å². The normalized spacial score (nSPS) is 11.8. The Morgan fingerprint density at radius 3 is 2.62 bits per heavy atom. The number of guanidine groups is 1. The van der Waals surface area contributed by atoms with Crippen molar-refractivity contribution in [3.05, 3.63) is 57.9 Å². The minimum Gasteiger partial charge on any atom is -0.444 e. The van der Waals surface area contributed by atoms with Gasteiger partial charge in [0.25, 0.3) is 0 Å². The van der Waals surface area contributed by atoms with E-state index in [1.165, 1.54) is 10.6 Å². The molecule has 2 heterocycles. The first-order valence-electron chi connectivity index (χ1n) is 10.0. The van der Waals surface area contributed by atoms with Gasteiger partial charge in [0, 0.05) is 36.4 Å². The smallest absolute Gasteiger partial charge is 0.226 e. The van der Waals surface area contributed by atoms with E-state index in [0.29, 0.717) is 18.4 Å². The molecule has 3 aromatic rings. The Bertz CT molecular complexity index is 927. The summed E-state index contributed by atoms with van der Waals surface area (Å²) in [6.07, 6.45) is 2.54. The number of nitrogens with one attached hydrogen (secondary N) is 2. The maximum Gasteiger partial charge on any atom is 0.226 e. The van der Waals surface area contributed by atoms with Crippen LogP contribution in [0.25, 0.3) is 11.5 Å². The molecule has 0 spiro atoms. The second-order valence-electron chi connectivity index (χ2n) is 7.21. The molecule has 3 rings (SSSR count). The molecule has 0 aliphatic carbocycles. The van der Waals surface area contributed by atoms with Crippen LogP contribution in [0, 0.1) is 6.92 Å². The molecule has 0 unspecified atom stereocenters. The van der Waals surface area contributed by atoms with Crippen LogP contribution in [0.3, 0.4) is 0 Å².